The number of nitrogens with zero attached hydrogens (tertiary/aromatic N) is 1. The molecule has 1 aromatic rings. The molecule has 0 saturated carbocycles. The maximum atomic E-state index is 12.5. The van der Waals surface area contributed by atoms with E-state index in [2.05, 4.69) is 0 Å². The molecular formula is C16H17NO5S. The van der Waals surface area contributed by atoms with Gasteiger partial charge in [0.1, 0.15) is 0 Å². The topological polar surface area (TPSA) is 83.9 Å². The van der Waals surface area contributed by atoms with E-state index in [1.165, 1.54) is 11.0 Å². The Labute approximate surface area is 137 Å². The number of carbonyl (C=O) groups is 3. The maximum Gasteiger partial charge on any atom is 0.336 e. The Morgan fingerprint density at radius 2 is 2.13 bits per heavy atom. The molecule has 3 rings (SSSR count). The van der Waals surface area contributed by atoms with Crippen LogP contribution < -0.4 is 0 Å². The average Bonchev–Trinajstić information content (AvgIpc) is 3.12. The predicted molar refractivity (Wildman–Crippen MR) is 83.4 cm³/mol. The largest absolute Gasteiger partial charge is 0.478 e. The van der Waals surface area contributed by atoms with E-state index in [1.807, 2.05) is 0 Å². The van der Waals surface area contributed by atoms with E-state index in [4.69, 9.17) is 4.74 Å². The third-order valence-corrected chi connectivity index (χ3v) is 5.26. The van der Waals surface area contributed by atoms with Crippen LogP contribution in [0, 0.1) is 0 Å². The highest BCUT2D eigenvalue weighted by Gasteiger charge is 2.41. The number of benzene rings is 1. The summed E-state index contributed by atoms with van der Waals surface area (Å²) in [6.07, 6.45) is 1.84. The molecule has 122 valence electrons. The number of carboxylic acids is 1. The number of carboxylic acid groups (broad SMARTS) is 1. The van der Waals surface area contributed by atoms with Crippen molar-refractivity contribution in [2.45, 2.75) is 35.5 Å². The van der Waals surface area contributed by atoms with Gasteiger partial charge < -0.3 is 9.84 Å². The minimum Gasteiger partial charge on any atom is -0.478 e. The molecule has 1 aromatic carbocycles. The van der Waals surface area contributed by atoms with Gasteiger partial charge in [-0.1, -0.05) is 12.1 Å². The minimum absolute atomic E-state index is 0.0713. The van der Waals surface area contributed by atoms with Crippen LogP contribution in [0.2, 0.25) is 0 Å². The van der Waals surface area contributed by atoms with Gasteiger partial charge in [-0.3, -0.25) is 14.5 Å². The Morgan fingerprint density at radius 1 is 1.35 bits per heavy atom. The number of ether oxygens (including phenoxy) is 1. The number of hydrogen-bond acceptors (Lipinski definition) is 5. The lowest BCUT2D eigenvalue weighted by Crippen LogP contribution is -2.37. The van der Waals surface area contributed by atoms with Crippen LogP contribution in [0.3, 0.4) is 0 Å². The lowest BCUT2D eigenvalue weighted by atomic mass is 10.2. The highest BCUT2D eigenvalue weighted by Crippen LogP contribution is 2.34. The molecule has 2 amide bonds. The van der Waals surface area contributed by atoms with Crippen molar-refractivity contribution in [2.24, 2.45) is 0 Å². The van der Waals surface area contributed by atoms with Crippen LogP contribution in [0.5, 0.6) is 0 Å². The van der Waals surface area contributed by atoms with E-state index in [9.17, 15) is 19.5 Å². The Balaban J connectivity index is 1.71. The van der Waals surface area contributed by atoms with E-state index in [0.717, 1.165) is 24.6 Å². The van der Waals surface area contributed by atoms with E-state index < -0.39 is 11.2 Å². The number of likely N-dealkylation sites (tertiary alicyclic amines) is 1. The second-order valence-corrected chi connectivity index (χ2v) is 6.83. The first-order chi connectivity index (χ1) is 11.1. The van der Waals surface area contributed by atoms with E-state index >= 15 is 0 Å². The average molecular weight is 335 g/mol. The van der Waals surface area contributed by atoms with Crippen molar-refractivity contribution in [2.75, 3.05) is 13.2 Å². The van der Waals surface area contributed by atoms with Gasteiger partial charge in [-0.15, -0.1) is 11.8 Å². The molecule has 0 spiro atoms. The predicted octanol–water partition coefficient (Wildman–Crippen LogP) is 1.78. The third-order valence-electron chi connectivity index (χ3n) is 4.00. The minimum atomic E-state index is -1.04. The van der Waals surface area contributed by atoms with Gasteiger partial charge in [-0.05, 0) is 25.0 Å². The molecule has 0 aliphatic carbocycles. The van der Waals surface area contributed by atoms with Crippen molar-refractivity contribution in [1.29, 1.82) is 0 Å². The van der Waals surface area contributed by atoms with Crippen molar-refractivity contribution in [3.05, 3.63) is 29.8 Å². The smallest absolute Gasteiger partial charge is 0.336 e. The highest BCUT2D eigenvalue weighted by atomic mass is 32.2. The SMILES string of the molecule is O=C(O)c1ccccc1S[C@H]1CC(=O)N(C[C@@H]2CCCO2)C1=O. The Hall–Kier alpha value is -1.86. The van der Waals surface area contributed by atoms with E-state index in [0.29, 0.717) is 18.0 Å². The van der Waals surface area contributed by atoms with Gasteiger partial charge in [0.25, 0.3) is 0 Å². The summed E-state index contributed by atoms with van der Waals surface area (Å²) in [6, 6.07) is 6.52. The molecule has 2 atom stereocenters. The van der Waals surface area contributed by atoms with Crippen LogP contribution in [0.1, 0.15) is 29.6 Å². The fourth-order valence-corrected chi connectivity index (χ4v) is 4.03. The molecule has 1 N–H and O–H groups in total. The molecule has 0 radical (unpaired) electrons. The number of aromatic carboxylic acids is 1. The lowest BCUT2D eigenvalue weighted by Gasteiger charge is -2.18. The summed E-state index contributed by atoms with van der Waals surface area (Å²) < 4.78 is 5.49. The quantitative estimate of drug-likeness (QED) is 0.826. The zero-order valence-corrected chi connectivity index (χ0v) is 13.3. The zero-order chi connectivity index (χ0) is 16.4. The maximum absolute atomic E-state index is 12.5. The molecule has 2 heterocycles. The van der Waals surface area contributed by atoms with Gasteiger partial charge in [-0.2, -0.15) is 0 Å². The fraction of sp³-hybridized carbons (Fsp3) is 0.438. The van der Waals surface area contributed by atoms with Gasteiger partial charge in [0.05, 0.1) is 23.5 Å². The Morgan fingerprint density at radius 3 is 2.83 bits per heavy atom. The first kappa shape index (κ1) is 16.0. The Bertz CT molecular complexity index is 641. The number of rotatable bonds is 5. The van der Waals surface area contributed by atoms with Crippen LogP contribution >= 0.6 is 11.8 Å². The molecule has 0 unspecified atom stereocenters. The summed E-state index contributed by atoms with van der Waals surface area (Å²) in [5.41, 5.74) is 0.148. The van der Waals surface area contributed by atoms with Gasteiger partial charge in [0, 0.05) is 17.9 Å². The van der Waals surface area contributed by atoms with Gasteiger partial charge >= 0.3 is 5.97 Å². The number of hydrogen-bond donors (Lipinski definition) is 1. The number of imide groups is 1. The standard InChI is InChI=1S/C16H17NO5S/c18-14-8-13(15(19)17(14)9-10-4-3-7-22-10)23-12-6-2-1-5-11(12)16(20)21/h1-2,5-6,10,13H,3-4,7-9H2,(H,20,21)/t10-,13-/m0/s1. The number of thioether (sulfide) groups is 1. The van der Waals surface area contributed by atoms with Crippen molar-refractivity contribution >= 4 is 29.5 Å². The van der Waals surface area contributed by atoms with Gasteiger partial charge in [-0.25, -0.2) is 4.79 Å². The number of carbonyl (C=O) groups excluding carboxylic acids is 2. The van der Waals surface area contributed by atoms with Crippen molar-refractivity contribution in [3.8, 4) is 0 Å². The molecule has 2 fully saturated rings. The second-order valence-electron chi connectivity index (χ2n) is 5.59. The van der Waals surface area contributed by atoms with Crippen molar-refractivity contribution < 1.29 is 24.2 Å². The molecule has 2 aliphatic rings. The first-order valence-corrected chi connectivity index (χ1v) is 8.39. The molecule has 2 saturated heterocycles. The van der Waals surface area contributed by atoms with Crippen LogP contribution in [-0.2, 0) is 14.3 Å². The van der Waals surface area contributed by atoms with Crippen LogP contribution in [0.4, 0.5) is 0 Å². The second kappa shape index (κ2) is 6.72. The fourth-order valence-electron chi connectivity index (χ4n) is 2.83. The van der Waals surface area contributed by atoms with Crippen LogP contribution in [0.15, 0.2) is 29.2 Å². The molecule has 6 nitrogen and oxygen atoms in total. The molecule has 23 heavy (non-hydrogen) atoms. The first-order valence-electron chi connectivity index (χ1n) is 7.51. The molecular weight excluding hydrogens is 318 g/mol. The third kappa shape index (κ3) is 3.40. The normalized spacial score (nSPS) is 24.4. The summed E-state index contributed by atoms with van der Waals surface area (Å²) in [4.78, 5) is 37.6. The number of amides is 2. The summed E-state index contributed by atoms with van der Waals surface area (Å²) in [7, 11) is 0. The molecule has 0 bridgehead atoms. The summed E-state index contributed by atoms with van der Waals surface area (Å²) in [5.74, 6) is -1.51. The van der Waals surface area contributed by atoms with E-state index in [1.54, 1.807) is 18.2 Å². The zero-order valence-electron chi connectivity index (χ0n) is 12.4. The van der Waals surface area contributed by atoms with E-state index in [-0.39, 0.29) is 29.9 Å². The molecule has 2 aliphatic heterocycles. The monoisotopic (exact) mass is 335 g/mol. The van der Waals surface area contributed by atoms with Gasteiger partial charge in [0.2, 0.25) is 11.8 Å². The summed E-state index contributed by atoms with van der Waals surface area (Å²) in [6.45, 7) is 0.973. The van der Waals surface area contributed by atoms with Crippen molar-refractivity contribution in [1.82, 2.24) is 4.90 Å². The lowest BCUT2D eigenvalue weighted by molar-refractivity contribution is -0.140. The van der Waals surface area contributed by atoms with Crippen LogP contribution in [-0.4, -0.2) is 52.3 Å². The van der Waals surface area contributed by atoms with Crippen LogP contribution in [0.25, 0.3) is 0 Å². The van der Waals surface area contributed by atoms with Crippen molar-refractivity contribution in [3.63, 3.8) is 0 Å². The van der Waals surface area contributed by atoms with Gasteiger partial charge in [0.15, 0.2) is 0 Å². The highest BCUT2D eigenvalue weighted by molar-refractivity contribution is 8.00. The Kier molecular flexibility index (Phi) is 4.68. The molecule has 7 heteroatoms. The summed E-state index contributed by atoms with van der Waals surface area (Å²) >= 11 is 1.15. The summed E-state index contributed by atoms with van der Waals surface area (Å²) in [5, 5.41) is 8.64. The molecule has 0 aromatic heterocycles.